The van der Waals surface area contributed by atoms with E-state index in [0.29, 0.717) is 44.4 Å². The average Bonchev–Trinajstić information content (AvgIpc) is 3.00. The molecule has 0 saturated carbocycles. The molecule has 0 aliphatic carbocycles. The van der Waals surface area contributed by atoms with Gasteiger partial charge < -0.3 is 39.1 Å². The van der Waals surface area contributed by atoms with Crippen molar-refractivity contribution < 1.29 is 28.4 Å². The second-order valence-corrected chi connectivity index (χ2v) is 8.92. The van der Waals surface area contributed by atoms with E-state index in [1.54, 1.807) is 14.2 Å². The molecule has 3 rings (SSSR count). The Morgan fingerprint density at radius 2 is 1.06 bits per heavy atom. The summed E-state index contributed by atoms with van der Waals surface area (Å²) in [6.07, 6.45) is 0.655. The normalized spacial score (nSPS) is 22.0. The van der Waals surface area contributed by atoms with Crippen LogP contribution >= 0.6 is 12.2 Å². The van der Waals surface area contributed by atoms with Crippen LogP contribution in [0.4, 0.5) is 0 Å². The van der Waals surface area contributed by atoms with Gasteiger partial charge >= 0.3 is 0 Å². The standard InChI is InChI=1S/C27H38N2O6S/c1-30-13-15-32-19-34-25-23(17-21-9-5-3-6-10-21)28-27(36)29-24(18-22-11-7-4-8-12-22)26(25)35-20-33-16-14-31-2/h3-12,23-26H,13-20H2,1-2H3,(H2,28,29,36). The van der Waals surface area contributed by atoms with E-state index in [9.17, 15) is 0 Å². The van der Waals surface area contributed by atoms with Crippen molar-refractivity contribution in [2.24, 2.45) is 0 Å². The van der Waals surface area contributed by atoms with Crippen molar-refractivity contribution in [3.05, 3.63) is 71.8 Å². The summed E-state index contributed by atoms with van der Waals surface area (Å²) in [5.41, 5.74) is 2.34. The van der Waals surface area contributed by atoms with Gasteiger partial charge in [-0.05, 0) is 36.2 Å². The SMILES string of the molecule is COCCOCOC1C(Cc2ccccc2)NC(=S)NC(Cc2ccccc2)C1OCOCCOC. The highest BCUT2D eigenvalue weighted by Gasteiger charge is 2.40. The van der Waals surface area contributed by atoms with E-state index in [1.165, 1.54) is 11.1 Å². The van der Waals surface area contributed by atoms with Crippen LogP contribution in [0.15, 0.2) is 60.7 Å². The highest BCUT2D eigenvalue weighted by molar-refractivity contribution is 7.80. The Labute approximate surface area is 219 Å². The molecule has 2 N–H and O–H groups in total. The molecule has 198 valence electrons. The summed E-state index contributed by atoms with van der Waals surface area (Å²) in [6, 6.07) is 20.2. The molecule has 1 fully saturated rings. The maximum Gasteiger partial charge on any atom is 0.166 e. The predicted molar refractivity (Wildman–Crippen MR) is 142 cm³/mol. The number of benzene rings is 2. The van der Waals surface area contributed by atoms with Crippen molar-refractivity contribution in [1.29, 1.82) is 0 Å². The molecular weight excluding hydrogens is 480 g/mol. The first kappa shape index (κ1) is 28.5. The van der Waals surface area contributed by atoms with Crippen LogP contribution in [-0.2, 0) is 41.3 Å². The minimum atomic E-state index is -0.375. The van der Waals surface area contributed by atoms with Crippen LogP contribution in [0, 0.1) is 0 Å². The number of nitrogens with one attached hydrogen (secondary N) is 2. The van der Waals surface area contributed by atoms with Gasteiger partial charge in [0.1, 0.15) is 25.8 Å². The van der Waals surface area contributed by atoms with Crippen LogP contribution in [0.1, 0.15) is 11.1 Å². The molecule has 36 heavy (non-hydrogen) atoms. The van der Waals surface area contributed by atoms with Crippen molar-refractivity contribution in [3.8, 4) is 0 Å². The van der Waals surface area contributed by atoms with E-state index in [0.717, 1.165) is 0 Å². The Kier molecular flexibility index (Phi) is 13.1. The Bertz CT molecular complexity index is 790. The minimum Gasteiger partial charge on any atom is -0.382 e. The van der Waals surface area contributed by atoms with Gasteiger partial charge in [-0.1, -0.05) is 60.7 Å². The molecule has 4 atom stereocenters. The van der Waals surface area contributed by atoms with Crippen molar-refractivity contribution >= 4 is 17.3 Å². The smallest absolute Gasteiger partial charge is 0.166 e. The fourth-order valence-corrected chi connectivity index (χ4v) is 4.45. The molecular formula is C27H38N2O6S. The van der Waals surface area contributed by atoms with Gasteiger partial charge in [0.25, 0.3) is 0 Å². The van der Waals surface area contributed by atoms with Gasteiger partial charge in [0.2, 0.25) is 0 Å². The number of methoxy groups -OCH3 is 2. The number of ether oxygens (including phenoxy) is 6. The summed E-state index contributed by atoms with van der Waals surface area (Å²) in [5, 5.41) is 7.49. The summed E-state index contributed by atoms with van der Waals surface area (Å²) < 4.78 is 34.2. The molecule has 1 aliphatic rings. The first-order chi connectivity index (χ1) is 17.7. The molecule has 8 nitrogen and oxygen atoms in total. The van der Waals surface area contributed by atoms with Crippen LogP contribution in [0.2, 0.25) is 0 Å². The van der Waals surface area contributed by atoms with E-state index in [1.807, 2.05) is 36.4 Å². The van der Waals surface area contributed by atoms with Gasteiger partial charge in [0.15, 0.2) is 5.11 Å². The number of thiocarbonyl (C=S) groups is 1. The Hall–Kier alpha value is -2.11. The number of hydrogen-bond donors (Lipinski definition) is 2. The van der Waals surface area contributed by atoms with Gasteiger partial charge in [0.05, 0.1) is 38.5 Å². The van der Waals surface area contributed by atoms with Crippen molar-refractivity contribution in [1.82, 2.24) is 10.6 Å². The van der Waals surface area contributed by atoms with Crippen LogP contribution in [-0.4, -0.2) is 83.6 Å². The molecule has 0 aromatic heterocycles. The van der Waals surface area contributed by atoms with E-state index in [4.69, 9.17) is 40.6 Å². The Morgan fingerprint density at radius 1 is 0.639 bits per heavy atom. The molecule has 0 bridgehead atoms. The average molecular weight is 519 g/mol. The summed E-state index contributed by atoms with van der Waals surface area (Å²) in [7, 11) is 3.28. The first-order valence-corrected chi connectivity index (χ1v) is 12.6. The summed E-state index contributed by atoms with van der Waals surface area (Å²) in [6.45, 7) is 2.09. The van der Waals surface area contributed by atoms with Crippen LogP contribution in [0.25, 0.3) is 0 Å². The lowest BCUT2D eigenvalue weighted by Crippen LogP contribution is -2.52. The Balaban J connectivity index is 1.83. The van der Waals surface area contributed by atoms with E-state index < -0.39 is 0 Å². The lowest BCUT2D eigenvalue weighted by atomic mass is 9.92. The summed E-state index contributed by atoms with van der Waals surface area (Å²) in [5.74, 6) is 0. The molecule has 1 saturated heterocycles. The first-order valence-electron chi connectivity index (χ1n) is 12.2. The Morgan fingerprint density at radius 3 is 1.44 bits per heavy atom. The van der Waals surface area contributed by atoms with E-state index >= 15 is 0 Å². The van der Waals surface area contributed by atoms with Crippen LogP contribution in [0.3, 0.4) is 0 Å². The number of rotatable bonds is 16. The zero-order valence-electron chi connectivity index (χ0n) is 21.1. The fourth-order valence-electron chi connectivity index (χ4n) is 4.15. The molecule has 2 aromatic carbocycles. The maximum absolute atomic E-state index is 6.36. The van der Waals surface area contributed by atoms with Crippen LogP contribution < -0.4 is 10.6 Å². The molecule has 9 heteroatoms. The lowest BCUT2D eigenvalue weighted by molar-refractivity contribution is -0.182. The third-order valence-corrected chi connectivity index (χ3v) is 6.13. The molecule has 4 unspecified atom stereocenters. The van der Waals surface area contributed by atoms with E-state index in [2.05, 4.69) is 34.9 Å². The molecule has 0 radical (unpaired) electrons. The summed E-state index contributed by atoms with van der Waals surface area (Å²) in [4.78, 5) is 0. The third-order valence-electron chi connectivity index (χ3n) is 5.90. The molecule has 1 aliphatic heterocycles. The van der Waals surface area contributed by atoms with Gasteiger partial charge in [-0.3, -0.25) is 0 Å². The van der Waals surface area contributed by atoms with E-state index in [-0.39, 0.29) is 37.9 Å². The fraction of sp³-hybridized carbons (Fsp3) is 0.519. The highest BCUT2D eigenvalue weighted by atomic mass is 32.1. The third kappa shape index (κ3) is 9.74. The van der Waals surface area contributed by atoms with Crippen LogP contribution in [0.5, 0.6) is 0 Å². The van der Waals surface area contributed by atoms with Gasteiger partial charge in [0, 0.05) is 14.2 Å². The summed E-state index contributed by atoms with van der Waals surface area (Å²) >= 11 is 5.70. The molecule has 0 amide bonds. The zero-order chi connectivity index (χ0) is 25.4. The highest BCUT2D eigenvalue weighted by Crippen LogP contribution is 2.22. The predicted octanol–water partition coefficient (Wildman–Crippen LogP) is 2.70. The topological polar surface area (TPSA) is 79.4 Å². The second kappa shape index (κ2) is 16.6. The minimum absolute atomic E-state index is 0.107. The monoisotopic (exact) mass is 518 g/mol. The maximum atomic E-state index is 6.36. The van der Waals surface area contributed by atoms with Crippen molar-refractivity contribution in [2.75, 3.05) is 54.2 Å². The zero-order valence-corrected chi connectivity index (χ0v) is 21.9. The quantitative estimate of drug-likeness (QED) is 0.198. The molecule has 0 spiro atoms. The molecule has 1 heterocycles. The van der Waals surface area contributed by atoms with Gasteiger partial charge in [-0.15, -0.1) is 0 Å². The number of hydrogen-bond acceptors (Lipinski definition) is 7. The van der Waals surface area contributed by atoms with Crippen molar-refractivity contribution in [3.63, 3.8) is 0 Å². The largest absolute Gasteiger partial charge is 0.382 e. The molecule has 2 aromatic rings. The second-order valence-electron chi connectivity index (χ2n) is 8.51. The lowest BCUT2D eigenvalue weighted by Gasteiger charge is -2.34. The van der Waals surface area contributed by atoms with Crippen molar-refractivity contribution in [2.45, 2.75) is 37.1 Å². The van der Waals surface area contributed by atoms with Gasteiger partial charge in [-0.2, -0.15) is 0 Å². The van der Waals surface area contributed by atoms with Gasteiger partial charge in [-0.25, -0.2) is 0 Å².